The first kappa shape index (κ1) is 11.9. The molecule has 0 radical (unpaired) electrons. The predicted octanol–water partition coefficient (Wildman–Crippen LogP) is 1.54. The van der Waals surface area contributed by atoms with Crippen LogP contribution in [0.2, 0.25) is 0 Å². The van der Waals surface area contributed by atoms with Gasteiger partial charge in [-0.05, 0) is 18.2 Å². The molecule has 1 aromatic carbocycles. The van der Waals surface area contributed by atoms with Gasteiger partial charge in [0.2, 0.25) is 10.0 Å². The Kier molecular flexibility index (Phi) is 4.27. The van der Waals surface area contributed by atoms with Crippen molar-refractivity contribution in [2.24, 2.45) is 0 Å². The Hall–Kier alpha value is -0.210. The maximum absolute atomic E-state index is 12.7. The van der Waals surface area contributed by atoms with Crippen LogP contribution >= 0.6 is 22.6 Å². The molecule has 6 heteroatoms. The van der Waals surface area contributed by atoms with Crippen LogP contribution in [0.25, 0.3) is 0 Å². The highest BCUT2D eigenvalue weighted by molar-refractivity contribution is 14.1. The molecule has 0 aromatic heterocycles. The Morgan fingerprint density at radius 1 is 1.43 bits per heavy atom. The minimum absolute atomic E-state index is 0.0395. The largest absolute Gasteiger partial charge is 0.240 e. The highest BCUT2D eigenvalue weighted by atomic mass is 127. The molecule has 78 valence electrons. The van der Waals surface area contributed by atoms with Crippen LogP contribution in [0.4, 0.5) is 4.39 Å². The number of benzene rings is 1. The fourth-order valence-electron chi connectivity index (χ4n) is 0.890. The molecule has 0 amide bonds. The van der Waals surface area contributed by atoms with Crippen LogP contribution in [0, 0.1) is 5.82 Å². The molecule has 0 bridgehead atoms. The highest BCUT2D eigenvalue weighted by Crippen LogP contribution is 2.09. The van der Waals surface area contributed by atoms with Crippen molar-refractivity contribution in [2.45, 2.75) is 4.90 Å². The number of halogens is 2. The van der Waals surface area contributed by atoms with Crippen LogP contribution in [-0.2, 0) is 10.0 Å². The molecular weight excluding hydrogens is 320 g/mol. The lowest BCUT2D eigenvalue weighted by Gasteiger charge is -2.04. The summed E-state index contributed by atoms with van der Waals surface area (Å²) in [5.74, 6) is -0.553. The molecule has 1 N–H and O–H groups in total. The van der Waals surface area contributed by atoms with E-state index < -0.39 is 15.8 Å². The molecule has 0 aliphatic rings. The number of alkyl halides is 1. The Labute approximate surface area is 95.9 Å². The minimum Gasteiger partial charge on any atom is -0.210 e. The van der Waals surface area contributed by atoms with E-state index in [1.807, 2.05) is 0 Å². The fourth-order valence-corrected chi connectivity index (χ4v) is 2.59. The van der Waals surface area contributed by atoms with E-state index in [2.05, 4.69) is 27.3 Å². The highest BCUT2D eigenvalue weighted by Gasteiger charge is 2.12. The summed E-state index contributed by atoms with van der Waals surface area (Å²) in [5.41, 5.74) is 0. The monoisotopic (exact) mass is 329 g/mol. The summed E-state index contributed by atoms with van der Waals surface area (Å²) in [6, 6.07) is 4.93. The summed E-state index contributed by atoms with van der Waals surface area (Å²) in [6.45, 7) is 0.347. The van der Waals surface area contributed by atoms with E-state index in [9.17, 15) is 12.8 Å². The molecule has 0 fully saturated rings. The molecule has 0 unspecified atom stereocenters. The van der Waals surface area contributed by atoms with Crippen molar-refractivity contribution in [3.05, 3.63) is 30.1 Å². The summed E-state index contributed by atoms with van der Waals surface area (Å²) in [4.78, 5) is -0.0395. The van der Waals surface area contributed by atoms with E-state index in [0.717, 1.165) is 6.07 Å². The summed E-state index contributed by atoms with van der Waals surface area (Å²) < 4.78 is 38.7. The van der Waals surface area contributed by atoms with E-state index in [0.29, 0.717) is 11.0 Å². The van der Waals surface area contributed by atoms with Crippen LogP contribution < -0.4 is 4.72 Å². The van der Waals surface area contributed by atoms with E-state index in [-0.39, 0.29) is 4.90 Å². The van der Waals surface area contributed by atoms with Crippen molar-refractivity contribution in [3.63, 3.8) is 0 Å². The summed E-state index contributed by atoms with van der Waals surface area (Å²) in [6.07, 6.45) is 0. The molecule has 0 saturated heterocycles. The lowest BCUT2D eigenvalue weighted by Crippen LogP contribution is -2.25. The zero-order valence-corrected chi connectivity index (χ0v) is 10.2. The number of hydrogen-bond donors (Lipinski definition) is 1. The van der Waals surface area contributed by atoms with Crippen LogP contribution in [0.1, 0.15) is 0 Å². The van der Waals surface area contributed by atoms with Gasteiger partial charge in [-0.3, -0.25) is 0 Å². The van der Waals surface area contributed by atoms with Crippen LogP contribution in [-0.4, -0.2) is 19.4 Å². The van der Waals surface area contributed by atoms with E-state index >= 15 is 0 Å². The molecule has 0 atom stereocenters. The lowest BCUT2D eigenvalue weighted by molar-refractivity contribution is 0.580. The van der Waals surface area contributed by atoms with Gasteiger partial charge in [0.1, 0.15) is 5.82 Å². The first-order valence-electron chi connectivity index (χ1n) is 3.87. The summed E-state index contributed by atoms with van der Waals surface area (Å²) in [5, 5.41) is 0. The maximum atomic E-state index is 12.7. The average molecular weight is 329 g/mol. The first-order valence-corrected chi connectivity index (χ1v) is 6.88. The molecule has 0 aliphatic carbocycles. The van der Waals surface area contributed by atoms with Gasteiger partial charge in [0.25, 0.3) is 0 Å². The Morgan fingerprint density at radius 3 is 2.71 bits per heavy atom. The summed E-state index contributed by atoms with van der Waals surface area (Å²) >= 11 is 2.05. The molecule has 1 rings (SSSR count). The zero-order chi connectivity index (χ0) is 10.6. The molecule has 1 aromatic rings. The van der Waals surface area contributed by atoms with Crippen molar-refractivity contribution in [1.29, 1.82) is 0 Å². The minimum atomic E-state index is -3.54. The normalized spacial score (nSPS) is 11.6. The van der Waals surface area contributed by atoms with Gasteiger partial charge in [-0.2, -0.15) is 0 Å². The standard InChI is InChI=1S/C8H9FINO2S/c9-7-2-1-3-8(6-7)14(12,13)11-5-4-10/h1-3,6,11H,4-5H2. The van der Waals surface area contributed by atoms with Crippen LogP contribution in [0.15, 0.2) is 29.2 Å². The SMILES string of the molecule is O=S(=O)(NCCI)c1cccc(F)c1. The van der Waals surface area contributed by atoms with Crippen molar-refractivity contribution >= 4 is 32.6 Å². The zero-order valence-electron chi connectivity index (χ0n) is 7.20. The van der Waals surface area contributed by atoms with Crippen molar-refractivity contribution in [1.82, 2.24) is 4.72 Å². The lowest BCUT2D eigenvalue weighted by atomic mass is 10.4. The smallest absolute Gasteiger partial charge is 0.210 e. The second-order valence-electron chi connectivity index (χ2n) is 2.54. The van der Waals surface area contributed by atoms with E-state index in [1.165, 1.54) is 18.2 Å². The number of rotatable bonds is 4. The molecule has 0 heterocycles. The van der Waals surface area contributed by atoms with Crippen LogP contribution in [0.3, 0.4) is 0 Å². The molecule has 0 aliphatic heterocycles. The van der Waals surface area contributed by atoms with Crippen molar-refractivity contribution < 1.29 is 12.8 Å². The predicted molar refractivity (Wildman–Crippen MR) is 60.5 cm³/mol. The maximum Gasteiger partial charge on any atom is 0.240 e. The van der Waals surface area contributed by atoms with Gasteiger partial charge < -0.3 is 0 Å². The molecule has 3 nitrogen and oxygen atoms in total. The molecular formula is C8H9FINO2S. The van der Waals surface area contributed by atoms with Gasteiger partial charge in [0.15, 0.2) is 0 Å². The molecule has 0 saturated carbocycles. The second kappa shape index (κ2) is 5.04. The number of nitrogens with one attached hydrogen (secondary N) is 1. The van der Waals surface area contributed by atoms with Gasteiger partial charge in [0.05, 0.1) is 4.90 Å². The Morgan fingerprint density at radius 2 is 2.14 bits per heavy atom. The third-order valence-electron chi connectivity index (χ3n) is 1.49. The van der Waals surface area contributed by atoms with Crippen LogP contribution in [0.5, 0.6) is 0 Å². The van der Waals surface area contributed by atoms with Crippen molar-refractivity contribution in [2.75, 3.05) is 11.0 Å². The first-order chi connectivity index (χ1) is 6.56. The van der Waals surface area contributed by atoms with Gasteiger partial charge in [-0.25, -0.2) is 17.5 Å². The summed E-state index contributed by atoms with van der Waals surface area (Å²) in [7, 11) is -3.54. The molecule has 0 spiro atoms. The van der Waals surface area contributed by atoms with Gasteiger partial charge in [0, 0.05) is 11.0 Å². The van der Waals surface area contributed by atoms with E-state index in [4.69, 9.17) is 0 Å². The number of sulfonamides is 1. The molecule has 14 heavy (non-hydrogen) atoms. The van der Waals surface area contributed by atoms with Gasteiger partial charge in [-0.1, -0.05) is 28.7 Å². The average Bonchev–Trinajstić information content (AvgIpc) is 2.15. The Bertz CT molecular complexity index is 408. The number of hydrogen-bond acceptors (Lipinski definition) is 2. The third-order valence-corrected chi connectivity index (χ3v) is 3.49. The fraction of sp³-hybridized carbons (Fsp3) is 0.250. The van der Waals surface area contributed by atoms with E-state index in [1.54, 1.807) is 0 Å². The topological polar surface area (TPSA) is 46.2 Å². The van der Waals surface area contributed by atoms with Crippen molar-refractivity contribution in [3.8, 4) is 0 Å². The third kappa shape index (κ3) is 3.18. The quantitative estimate of drug-likeness (QED) is 0.673. The van der Waals surface area contributed by atoms with Gasteiger partial charge >= 0.3 is 0 Å². The Balaban J connectivity index is 2.93. The second-order valence-corrected chi connectivity index (χ2v) is 5.39. The van der Waals surface area contributed by atoms with Gasteiger partial charge in [-0.15, -0.1) is 0 Å².